The molecule has 0 spiro atoms. The summed E-state index contributed by atoms with van der Waals surface area (Å²) in [6.07, 6.45) is 5.13. The zero-order valence-corrected chi connectivity index (χ0v) is 29.3. The fourth-order valence-corrected chi connectivity index (χ4v) is 4.13. The number of nitrogens with two attached hydrogens (primary N) is 6. The lowest BCUT2D eigenvalue weighted by Crippen LogP contribution is -2.38. The normalized spacial score (nSPS) is 11.7. The molecular weight excluding hydrogens is 752 g/mol. The number of unbranched alkanes of at least 4 members (excludes halogenated alkanes) is 4. The predicted molar refractivity (Wildman–Crippen MR) is 190 cm³/mol. The van der Waals surface area contributed by atoms with Crippen molar-refractivity contribution in [1.29, 1.82) is 0 Å². The van der Waals surface area contributed by atoms with Gasteiger partial charge in [-0.2, -0.15) is 13.2 Å². The van der Waals surface area contributed by atoms with Gasteiger partial charge in [0.1, 0.15) is 0 Å². The number of hydrogen-bond acceptors (Lipinski definition) is 15. The molecule has 0 radical (unpaired) electrons. The van der Waals surface area contributed by atoms with Crippen molar-refractivity contribution in [2.24, 2.45) is 21.5 Å². The molecule has 0 aliphatic rings. The highest BCUT2D eigenvalue weighted by molar-refractivity contribution is 6.32. The molecule has 0 saturated heterocycles. The molecule has 2 amide bonds. The first kappa shape index (κ1) is 43.3. The second-order valence-electron chi connectivity index (χ2n) is 10.6. The van der Waals surface area contributed by atoms with Crippen LogP contribution in [0.3, 0.4) is 0 Å². The molecule has 0 aliphatic carbocycles. The zero-order valence-electron chi connectivity index (χ0n) is 27.8. The van der Waals surface area contributed by atoms with E-state index in [1.165, 1.54) is 0 Å². The Bertz CT molecular complexity index is 1680. The summed E-state index contributed by atoms with van der Waals surface area (Å²) < 4.78 is 31.7. The molecule has 25 heteroatoms. The van der Waals surface area contributed by atoms with Crippen LogP contribution in [0.25, 0.3) is 0 Å². The third kappa shape index (κ3) is 15.5. The van der Waals surface area contributed by atoms with Gasteiger partial charge in [0.2, 0.25) is 0 Å². The van der Waals surface area contributed by atoms with E-state index in [0.29, 0.717) is 13.1 Å². The van der Waals surface area contributed by atoms with Crippen LogP contribution in [0.2, 0.25) is 10.3 Å². The summed E-state index contributed by atoms with van der Waals surface area (Å²) in [6, 6.07) is 0. The van der Waals surface area contributed by atoms with Crippen molar-refractivity contribution in [2.45, 2.75) is 57.5 Å². The van der Waals surface area contributed by atoms with E-state index in [1.807, 2.05) is 0 Å². The standard InChI is InChI=1S/C26H36Cl2N16O2.C2HF3O2/c27-17-21(31)41-19(29)15(39-17)23(45)43-25(33)35-9-5-1-3-7-13-11-38-14(12-37-13)8-4-2-6-10-36-26(34)44-24(46)16-20(30)42-22(32)18(28)40-16;3-2(4,5)1(6)7/h11-12H,1-10H2,(H4,29,31,41)(H4,30,32,42)(H3,33,35,43,45)(H3,34,36,44,46);(H,6,7). The minimum atomic E-state index is -5.08. The van der Waals surface area contributed by atoms with Gasteiger partial charge in [0.15, 0.2) is 56.9 Å². The molecule has 0 atom stereocenters. The first-order valence-corrected chi connectivity index (χ1v) is 16.1. The monoisotopic (exact) mass is 788 g/mol. The smallest absolute Gasteiger partial charge is 0.475 e. The lowest BCUT2D eigenvalue weighted by atomic mass is 10.1. The number of nitrogens with one attached hydrogen (secondary N) is 2. The number of aryl methyl sites for hydroxylation is 2. The second kappa shape index (κ2) is 20.9. The van der Waals surface area contributed by atoms with Crippen molar-refractivity contribution in [2.75, 3.05) is 36.0 Å². The third-order valence-electron chi connectivity index (χ3n) is 6.47. The molecule has 3 heterocycles. The Labute approximate surface area is 309 Å². The number of aliphatic imine (C=N–C) groups is 2. The molecule has 53 heavy (non-hydrogen) atoms. The molecule has 3 rings (SSSR count). The number of alkyl halides is 3. The Morgan fingerprint density at radius 3 is 1.34 bits per heavy atom. The predicted octanol–water partition coefficient (Wildman–Crippen LogP) is 1.24. The second-order valence-corrected chi connectivity index (χ2v) is 11.3. The van der Waals surface area contributed by atoms with Crippen molar-refractivity contribution >= 4 is 76.2 Å². The number of nitrogen functional groups attached to an aromatic ring is 4. The number of halogens is 5. The molecule has 0 saturated carbocycles. The highest BCUT2D eigenvalue weighted by Gasteiger charge is 2.38. The van der Waals surface area contributed by atoms with Crippen LogP contribution in [0.1, 0.15) is 70.9 Å². The Morgan fingerprint density at radius 2 is 1.02 bits per heavy atom. The van der Waals surface area contributed by atoms with E-state index in [4.69, 9.17) is 67.5 Å². The van der Waals surface area contributed by atoms with Gasteiger partial charge in [-0.1, -0.05) is 36.0 Å². The number of nitrogens with zero attached hydrogens (tertiary/aromatic N) is 8. The number of carbonyl (C=O) groups excluding carboxylic acids is 2. The fraction of sp³-hybridized carbons (Fsp3) is 0.393. The minimum absolute atomic E-state index is 0.0656. The maximum Gasteiger partial charge on any atom is 0.490 e. The summed E-state index contributed by atoms with van der Waals surface area (Å²) >= 11 is 11.6. The number of carboxylic acid groups (broad SMARTS) is 1. The summed E-state index contributed by atoms with van der Waals surface area (Å²) in [5, 5.41) is 11.7. The highest BCUT2D eigenvalue weighted by Crippen LogP contribution is 2.18. The summed E-state index contributed by atoms with van der Waals surface area (Å²) in [7, 11) is 0. The van der Waals surface area contributed by atoms with Crippen molar-refractivity contribution in [3.8, 4) is 0 Å². The number of rotatable bonds is 14. The van der Waals surface area contributed by atoms with E-state index in [1.54, 1.807) is 12.4 Å². The number of carboxylic acids is 1. The number of anilines is 4. The summed E-state index contributed by atoms with van der Waals surface area (Å²) in [5.74, 6) is -4.73. The van der Waals surface area contributed by atoms with Crippen molar-refractivity contribution < 1.29 is 32.7 Å². The van der Waals surface area contributed by atoms with Crippen molar-refractivity contribution in [1.82, 2.24) is 40.5 Å². The highest BCUT2D eigenvalue weighted by atomic mass is 35.5. The third-order valence-corrected chi connectivity index (χ3v) is 7.03. The first-order valence-electron chi connectivity index (χ1n) is 15.4. The van der Waals surface area contributed by atoms with Gasteiger partial charge in [0, 0.05) is 25.5 Å². The van der Waals surface area contributed by atoms with Gasteiger partial charge in [0.25, 0.3) is 11.8 Å². The Kier molecular flexibility index (Phi) is 17.1. The molecule has 15 N–H and O–H groups in total. The van der Waals surface area contributed by atoms with Gasteiger partial charge in [-0.25, -0.2) is 24.7 Å². The molecule has 20 nitrogen and oxygen atoms in total. The SMILES string of the molecule is NC(=NCCCCCc1cnc(CCCCCN=C(N)NC(=O)c2nc(Cl)c(N)nc2N)cn1)NC(=O)c1nc(Cl)c(N)nc1N.O=C(O)C(F)(F)F. The van der Waals surface area contributed by atoms with E-state index in [9.17, 15) is 22.8 Å². The zero-order chi connectivity index (χ0) is 39.7. The van der Waals surface area contributed by atoms with Gasteiger partial charge in [0.05, 0.1) is 11.4 Å². The molecular formula is C28H37Cl2F3N16O4. The van der Waals surface area contributed by atoms with Gasteiger partial charge >= 0.3 is 12.1 Å². The quantitative estimate of drug-likeness (QED) is 0.0630. The Morgan fingerprint density at radius 1 is 0.660 bits per heavy atom. The molecule has 0 bridgehead atoms. The largest absolute Gasteiger partial charge is 0.490 e. The van der Waals surface area contributed by atoms with Crippen LogP contribution in [-0.2, 0) is 17.6 Å². The lowest BCUT2D eigenvalue weighted by molar-refractivity contribution is -0.192. The Balaban J connectivity index is 0.00000126. The van der Waals surface area contributed by atoms with Crippen LogP contribution in [0.5, 0.6) is 0 Å². The molecule has 288 valence electrons. The van der Waals surface area contributed by atoms with Gasteiger partial charge in [-0.05, 0) is 38.5 Å². The average molecular weight is 790 g/mol. The number of hydrogen-bond donors (Lipinski definition) is 9. The van der Waals surface area contributed by atoms with E-state index in [0.717, 1.165) is 62.8 Å². The molecule has 3 aromatic heterocycles. The minimum Gasteiger partial charge on any atom is -0.475 e. The Hall–Kier alpha value is -5.84. The van der Waals surface area contributed by atoms with Crippen LogP contribution in [-0.4, -0.2) is 84.0 Å². The maximum absolute atomic E-state index is 12.3. The number of amides is 2. The molecule has 0 unspecified atom stereocenters. The van der Waals surface area contributed by atoms with Gasteiger partial charge in [-0.15, -0.1) is 0 Å². The summed E-state index contributed by atoms with van der Waals surface area (Å²) in [6.45, 7) is 0.854. The van der Waals surface area contributed by atoms with Crippen LogP contribution in [0.4, 0.5) is 36.4 Å². The van der Waals surface area contributed by atoms with Crippen LogP contribution in [0.15, 0.2) is 22.4 Å². The van der Waals surface area contributed by atoms with E-state index >= 15 is 0 Å². The molecule has 0 aromatic carbocycles. The number of aromatic nitrogens is 6. The van der Waals surface area contributed by atoms with E-state index in [2.05, 4.69) is 50.5 Å². The lowest BCUT2D eigenvalue weighted by Gasteiger charge is -2.07. The number of aliphatic carboxylic acids is 1. The molecule has 0 fully saturated rings. The summed E-state index contributed by atoms with van der Waals surface area (Å²) in [4.78, 5) is 65.9. The average Bonchev–Trinajstić information content (AvgIpc) is 3.07. The fourth-order valence-electron chi connectivity index (χ4n) is 3.88. The first-order chi connectivity index (χ1) is 24.9. The van der Waals surface area contributed by atoms with Crippen LogP contribution >= 0.6 is 23.2 Å². The van der Waals surface area contributed by atoms with Gasteiger partial charge in [-0.3, -0.25) is 40.2 Å². The number of carbonyl (C=O) groups is 3. The van der Waals surface area contributed by atoms with Crippen LogP contribution in [0, 0.1) is 0 Å². The van der Waals surface area contributed by atoms with E-state index in [-0.39, 0.29) is 56.9 Å². The number of guanidine groups is 2. The molecule has 3 aromatic rings. The van der Waals surface area contributed by atoms with Gasteiger partial charge < -0.3 is 39.5 Å². The van der Waals surface area contributed by atoms with Crippen molar-refractivity contribution in [3.05, 3.63) is 45.5 Å². The maximum atomic E-state index is 12.3. The van der Waals surface area contributed by atoms with E-state index < -0.39 is 24.0 Å². The molecule has 0 aliphatic heterocycles. The van der Waals surface area contributed by atoms with Crippen LogP contribution < -0.4 is 45.0 Å². The topological polar surface area (TPSA) is 354 Å². The summed E-state index contributed by atoms with van der Waals surface area (Å²) in [5.41, 5.74) is 35.3. The van der Waals surface area contributed by atoms with Crippen molar-refractivity contribution in [3.63, 3.8) is 0 Å².